The van der Waals surface area contributed by atoms with Gasteiger partial charge in [0.1, 0.15) is 16.9 Å². The highest BCUT2D eigenvalue weighted by atomic mass is 79.9. The van der Waals surface area contributed by atoms with Gasteiger partial charge in [-0.25, -0.2) is 9.37 Å². The van der Waals surface area contributed by atoms with Crippen molar-refractivity contribution in [3.8, 4) is 0 Å². The van der Waals surface area contributed by atoms with Crippen molar-refractivity contribution in [1.82, 2.24) is 15.3 Å². The highest BCUT2D eigenvalue weighted by Crippen LogP contribution is 2.28. The van der Waals surface area contributed by atoms with Gasteiger partial charge in [-0.1, -0.05) is 48.4 Å². The van der Waals surface area contributed by atoms with Crippen molar-refractivity contribution in [1.29, 1.82) is 0 Å². The maximum absolute atomic E-state index is 12.3. The minimum atomic E-state index is -0.958. The molecule has 5 nitrogen and oxygen atoms in total. The van der Waals surface area contributed by atoms with Gasteiger partial charge in [0.15, 0.2) is 0 Å². The zero-order valence-corrected chi connectivity index (χ0v) is 19.6. The molecule has 1 aromatic carbocycles. The van der Waals surface area contributed by atoms with Gasteiger partial charge in [-0.2, -0.15) is 0 Å². The number of H-pyrrole nitrogens is 1. The van der Waals surface area contributed by atoms with Gasteiger partial charge in [0, 0.05) is 18.1 Å². The lowest BCUT2D eigenvalue weighted by atomic mass is 10.1. The molecule has 8 heteroatoms. The van der Waals surface area contributed by atoms with Crippen LogP contribution in [0, 0.1) is 6.92 Å². The SMILES string of the molecule is CCC(C)(C)F.Cc1ccc(CNC(=O)c2cc3c(Cl)c(Br)cnc3[nH]c2=O)cc1. The highest BCUT2D eigenvalue weighted by molar-refractivity contribution is 9.10. The molecule has 1 amide bonds. The van der Waals surface area contributed by atoms with Crippen molar-refractivity contribution in [2.24, 2.45) is 0 Å². The predicted octanol–water partition coefficient (Wildman–Crippen LogP) is 5.72. The number of aromatic nitrogens is 2. The summed E-state index contributed by atoms with van der Waals surface area (Å²) in [6.45, 7) is 7.31. The van der Waals surface area contributed by atoms with Crippen molar-refractivity contribution in [3.05, 3.63) is 73.1 Å². The number of halogens is 3. The Bertz CT molecular complexity index is 1090. The van der Waals surface area contributed by atoms with Gasteiger partial charge in [-0.05, 0) is 54.8 Å². The zero-order chi connectivity index (χ0) is 22.5. The van der Waals surface area contributed by atoms with E-state index >= 15 is 0 Å². The average molecular weight is 497 g/mol. The molecule has 0 atom stereocenters. The molecule has 0 unspecified atom stereocenters. The van der Waals surface area contributed by atoms with E-state index < -0.39 is 17.1 Å². The van der Waals surface area contributed by atoms with E-state index in [1.165, 1.54) is 12.3 Å². The van der Waals surface area contributed by atoms with Crippen LogP contribution in [0.5, 0.6) is 0 Å². The molecule has 0 spiro atoms. The first kappa shape index (κ1) is 24.0. The molecule has 0 aliphatic rings. The maximum Gasteiger partial charge on any atom is 0.262 e. The number of hydrogen-bond donors (Lipinski definition) is 2. The van der Waals surface area contributed by atoms with Crippen LogP contribution in [-0.4, -0.2) is 21.5 Å². The van der Waals surface area contributed by atoms with E-state index in [9.17, 15) is 14.0 Å². The Morgan fingerprint density at radius 1 is 1.30 bits per heavy atom. The summed E-state index contributed by atoms with van der Waals surface area (Å²) >= 11 is 9.48. The van der Waals surface area contributed by atoms with Gasteiger partial charge in [-0.3, -0.25) is 9.59 Å². The molecule has 0 bridgehead atoms. The summed E-state index contributed by atoms with van der Waals surface area (Å²) in [7, 11) is 0. The molecule has 0 fully saturated rings. The second kappa shape index (κ2) is 10.2. The number of amides is 1. The Morgan fingerprint density at radius 2 is 1.90 bits per heavy atom. The fourth-order valence-corrected chi connectivity index (χ4v) is 2.76. The van der Waals surface area contributed by atoms with Crippen LogP contribution in [0.3, 0.4) is 0 Å². The van der Waals surface area contributed by atoms with Crippen LogP contribution in [0.2, 0.25) is 5.02 Å². The number of benzene rings is 1. The van der Waals surface area contributed by atoms with Gasteiger partial charge >= 0.3 is 0 Å². The lowest BCUT2D eigenvalue weighted by Gasteiger charge is -2.07. The summed E-state index contributed by atoms with van der Waals surface area (Å²) in [5.74, 6) is -0.463. The third-order valence-corrected chi connectivity index (χ3v) is 5.67. The normalized spacial score (nSPS) is 11.0. The molecular weight excluding hydrogens is 473 g/mol. The molecule has 3 rings (SSSR count). The third-order valence-electron chi connectivity index (χ3n) is 4.43. The van der Waals surface area contributed by atoms with Gasteiger partial charge in [0.2, 0.25) is 0 Å². The van der Waals surface area contributed by atoms with Crippen molar-refractivity contribution in [2.75, 3.05) is 0 Å². The highest BCUT2D eigenvalue weighted by Gasteiger charge is 2.15. The average Bonchev–Trinajstić information content (AvgIpc) is 2.70. The first-order valence-corrected chi connectivity index (χ1v) is 10.6. The molecule has 160 valence electrons. The summed E-state index contributed by atoms with van der Waals surface area (Å²) < 4.78 is 12.7. The number of hydrogen-bond acceptors (Lipinski definition) is 3. The number of pyridine rings is 2. The van der Waals surface area contributed by atoms with E-state index in [-0.39, 0.29) is 5.56 Å². The van der Waals surface area contributed by atoms with Gasteiger partial charge in [0.25, 0.3) is 11.5 Å². The van der Waals surface area contributed by atoms with Crippen molar-refractivity contribution < 1.29 is 9.18 Å². The third kappa shape index (κ3) is 6.64. The quantitative estimate of drug-likeness (QED) is 0.485. The van der Waals surface area contributed by atoms with Crippen LogP contribution in [0.4, 0.5) is 4.39 Å². The number of nitrogens with zero attached hydrogens (tertiary/aromatic N) is 1. The Balaban J connectivity index is 0.000000469. The molecule has 30 heavy (non-hydrogen) atoms. The molecule has 3 aromatic rings. The van der Waals surface area contributed by atoms with Crippen LogP contribution < -0.4 is 10.9 Å². The number of carbonyl (C=O) groups excluding carboxylic acids is 1. The van der Waals surface area contributed by atoms with Gasteiger partial charge < -0.3 is 10.3 Å². The predicted molar refractivity (Wildman–Crippen MR) is 123 cm³/mol. The number of alkyl halides is 1. The molecule has 2 N–H and O–H groups in total. The second-order valence-electron chi connectivity index (χ2n) is 7.44. The lowest BCUT2D eigenvalue weighted by molar-refractivity contribution is 0.0949. The monoisotopic (exact) mass is 495 g/mol. The standard InChI is InChI=1S/C17H13BrClN3O2.C5H11F/c1-9-2-4-10(5-3-9)7-21-16(23)12-6-11-14(19)13(18)8-20-15(11)22-17(12)24;1-4-5(2,3)6/h2-6,8H,7H2,1H3,(H,21,23)(H,20,22,24);4H2,1-3H3. The van der Waals surface area contributed by atoms with E-state index in [2.05, 4.69) is 31.2 Å². The van der Waals surface area contributed by atoms with Crippen molar-refractivity contribution >= 4 is 44.5 Å². The van der Waals surface area contributed by atoms with Crippen LogP contribution in [-0.2, 0) is 6.54 Å². The summed E-state index contributed by atoms with van der Waals surface area (Å²) in [5, 5.41) is 3.64. The molecule has 0 saturated heterocycles. The molecule has 0 aliphatic heterocycles. The number of carbonyl (C=O) groups is 1. The number of aromatic amines is 1. The van der Waals surface area contributed by atoms with Crippen LogP contribution >= 0.6 is 27.5 Å². The Morgan fingerprint density at radius 3 is 2.47 bits per heavy atom. The minimum absolute atomic E-state index is 0.00332. The number of nitrogens with one attached hydrogen (secondary N) is 2. The topological polar surface area (TPSA) is 74.8 Å². The van der Waals surface area contributed by atoms with Crippen LogP contribution in [0.1, 0.15) is 48.7 Å². The van der Waals surface area contributed by atoms with E-state index in [1.807, 2.05) is 38.1 Å². The van der Waals surface area contributed by atoms with E-state index in [0.717, 1.165) is 11.1 Å². The lowest BCUT2D eigenvalue weighted by Crippen LogP contribution is -2.29. The second-order valence-corrected chi connectivity index (χ2v) is 8.67. The molecule has 2 heterocycles. The largest absolute Gasteiger partial charge is 0.348 e. The summed E-state index contributed by atoms with van der Waals surface area (Å²) in [6, 6.07) is 9.25. The molecule has 0 radical (unpaired) electrons. The zero-order valence-electron chi connectivity index (χ0n) is 17.3. The number of fused-ring (bicyclic) bond motifs is 1. The summed E-state index contributed by atoms with van der Waals surface area (Å²) in [5.41, 5.74) is 0.965. The van der Waals surface area contributed by atoms with Crippen molar-refractivity contribution in [2.45, 2.75) is 46.3 Å². The Hall–Kier alpha value is -2.25. The number of aryl methyl sites for hydroxylation is 1. The number of rotatable bonds is 4. The summed E-state index contributed by atoms with van der Waals surface area (Å²) in [6.07, 6.45) is 2.10. The Kier molecular flexibility index (Phi) is 8.15. The first-order chi connectivity index (χ1) is 14.0. The van der Waals surface area contributed by atoms with E-state index in [1.54, 1.807) is 13.8 Å². The fourth-order valence-electron chi connectivity index (χ4n) is 2.25. The van der Waals surface area contributed by atoms with Gasteiger partial charge in [-0.15, -0.1) is 0 Å². The molecule has 0 saturated carbocycles. The molecular formula is C22H24BrClFN3O2. The van der Waals surface area contributed by atoms with E-state index in [4.69, 9.17) is 11.6 Å². The van der Waals surface area contributed by atoms with Gasteiger partial charge in [0.05, 0.1) is 9.50 Å². The fraction of sp³-hybridized carbons (Fsp3) is 0.318. The van der Waals surface area contributed by atoms with Crippen LogP contribution in [0.15, 0.2) is 45.8 Å². The van der Waals surface area contributed by atoms with Crippen LogP contribution in [0.25, 0.3) is 11.0 Å². The first-order valence-electron chi connectivity index (χ1n) is 9.41. The van der Waals surface area contributed by atoms with Crippen molar-refractivity contribution in [3.63, 3.8) is 0 Å². The Labute approximate surface area is 188 Å². The summed E-state index contributed by atoms with van der Waals surface area (Å²) in [4.78, 5) is 31.1. The minimum Gasteiger partial charge on any atom is -0.348 e. The van der Waals surface area contributed by atoms with E-state index in [0.29, 0.717) is 33.5 Å². The molecule has 0 aliphatic carbocycles. The maximum atomic E-state index is 12.3. The smallest absolute Gasteiger partial charge is 0.262 e. The molecule has 2 aromatic heterocycles.